The maximum atomic E-state index is 11.7. The molecule has 0 atom stereocenters. The molecule has 8 heteroatoms. The number of ether oxygens (including phenoxy) is 1. The van der Waals surface area contributed by atoms with Crippen LogP contribution in [0, 0.1) is 0 Å². The van der Waals surface area contributed by atoms with Gasteiger partial charge in [-0.25, -0.2) is 4.68 Å². The smallest absolute Gasteiger partial charge is 0.251 e. The van der Waals surface area contributed by atoms with Crippen LogP contribution in [-0.4, -0.2) is 44.4 Å². The number of hydrogen-bond acceptors (Lipinski definition) is 6. The molecule has 2 N–H and O–H groups in total. The largest absolute Gasteiger partial charge is 0.486 e. The summed E-state index contributed by atoms with van der Waals surface area (Å²) in [6, 6.07) is 6.72. The lowest BCUT2D eigenvalue weighted by Gasteiger charge is -2.07. The van der Waals surface area contributed by atoms with Crippen molar-refractivity contribution in [1.29, 1.82) is 0 Å². The molecule has 1 heterocycles. The highest BCUT2D eigenvalue weighted by Crippen LogP contribution is 2.13. The van der Waals surface area contributed by atoms with Gasteiger partial charge in [0.05, 0.1) is 6.61 Å². The van der Waals surface area contributed by atoms with Gasteiger partial charge in [-0.1, -0.05) is 0 Å². The number of nitrogens with one attached hydrogen (secondary N) is 1. The number of hydrogen-bond donors (Lipinski definition) is 2. The van der Waals surface area contributed by atoms with E-state index < -0.39 is 0 Å². The number of amides is 1. The normalized spacial score (nSPS) is 10.4. The fourth-order valence-corrected chi connectivity index (χ4v) is 1.69. The van der Waals surface area contributed by atoms with Gasteiger partial charge in [0.2, 0.25) is 0 Å². The highest BCUT2D eigenvalue weighted by Gasteiger charge is 2.07. The van der Waals surface area contributed by atoms with Crippen molar-refractivity contribution in [2.45, 2.75) is 20.1 Å². The van der Waals surface area contributed by atoms with E-state index in [0.717, 1.165) is 0 Å². The number of aliphatic hydroxyl groups excluding tert-OH is 1. The molecule has 0 spiro atoms. The molecular weight excluding hydrogens is 274 g/mol. The molecule has 1 aromatic carbocycles. The Morgan fingerprint density at radius 3 is 2.81 bits per heavy atom. The molecule has 0 saturated heterocycles. The van der Waals surface area contributed by atoms with Crippen LogP contribution in [0.3, 0.4) is 0 Å². The van der Waals surface area contributed by atoms with Gasteiger partial charge in [-0.05, 0) is 41.6 Å². The first-order valence-electron chi connectivity index (χ1n) is 6.61. The number of aryl methyl sites for hydroxylation is 1. The molecule has 0 bridgehead atoms. The van der Waals surface area contributed by atoms with Crippen molar-refractivity contribution in [2.75, 3.05) is 13.2 Å². The number of rotatable bonds is 7. The van der Waals surface area contributed by atoms with Crippen LogP contribution < -0.4 is 10.1 Å². The summed E-state index contributed by atoms with van der Waals surface area (Å²) in [5.74, 6) is 1.03. The second kappa shape index (κ2) is 7.34. The van der Waals surface area contributed by atoms with Gasteiger partial charge in [-0.3, -0.25) is 4.79 Å². The average Bonchev–Trinajstić information content (AvgIpc) is 2.98. The summed E-state index contributed by atoms with van der Waals surface area (Å²) in [7, 11) is 0. The summed E-state index contributed by atoms with van der Waals surface area (Å²) in [6.07, 6.45) is 0. The summed E-state index contributed by atoms with van der Waals surface area (Å²) in [5, 5.41) is 22.5. The fraction of sp³-hybridized carbons (Fsp3) is 0.385. The third kappa shape index (κ3) is 3.99. The quantitative estimate of drug-likeness (QED) is 0.744. The van der Waals surface area contributed by atoms with Crippen molar-refractivity contribution < 1.29 is 14.6 Å². The standard InChI is InChI=1S/C13H17N5O3/c1-2-18-12(15-16-17-18)9-21-11-5-3-10(4-6-11)13(20)14-7-8-19/h3-6,19H,2,7-9H2,1H3,(H,14,20). The van der Waals surface area contributed by atoms with Crippen LogP contribution in [0.5, 0.6) is 5.75 Å². The van der Waals surface area contributed by atoms with Gasteiger partial charge in [0.1, 0.15) is 12.4 Å². The third-order valence-corrected chi connectivity index (χ3v) is 2.79. The van der Waals surface area contributed by atoms with Crippen molar-refractivity contribution in [3.8, 4) is 5.75 Å². The van der Waals surface area contributed by atoms with Crippen LogP contribution in [0.15, 0.2) is 24.3 Å². The predicted octanol–water partition coefficient (Wildman–Crippen LogP) is -0.00590. The molecule has 112 valence electrons. The van der Waals surface area contributed by atoms with E-state index in [2.05, 4.69) is 20.8 Å². The lowest BCUT2D eigenvalue weighted by molar-refractivity contribution is 0.0944. The lowest BCUT2D eigenvalue weighted by atomic mass is 10.2. The van der Waals surface area contributed by atoms with Crippen molar-refractivity contribution in [2.24, 2.45) is 0 Å². The molecule has 8 nitrogen and oxygen atoms in total. The minimum atomic E-state index is -0.231. The Kier molecular flexibility index (Phi) is 5.22. The zero-order valence-electron chi connectivity index (χ0n) is 11.7. The van der Waals surface area contributed by atoms with Crippen molar-refractivity contribution in [3.63, 3.8) is 0 Å². The van der Waals surface area contributed by atoms with Crippen LogP contribution in [0.25, 0.3) is 0 Å². The highest BCUT2D eigenvalue weighted by atomic mass is 16.5. The predicted molar refractivity (Wildman–Crippen MR) is 73.7 cm³/mol. The number of aliphatic hydroxyl groups is 1. The number of carbonyl (C=O) groups is 1. The van der Waals surface area contributed by atoms with E-state index in [-0.39, 0.29) is 25.7 Å². The maximum Gasteiger partial charge on any atom is 0.251 e. The number of tetrazole rings is 1. The van der Waals surface area contributed by atoms with Gasteiger partial charge < -0.3 is 15.2 Å². The Morgan fingerprint density at radius 2 is 2.14 bits per heavy atom. The monoisotopic (exact) mass is 291 g/mol. The first-order chi connectivity index (χ1) is 10.2. The SMILES string of the molecule is CCn1nnnc1COc1ccc(C(=O)NCCO)cc1. The fourth-order valence-electron chi connectivity index (χ4n) is 1.69. The van der Waals surface area contributed by atoms with Crippen LogP contribution in [-0.2, 0) is 13.2 Å². The summed E-state index contributed by atoms with van der Waals surface area (Å²) in [6.45, 7) is 3.03. The third-order valence-electron chi connectivity index (χ3n) is 2.79. The molecule has 0 aliphatic carbocycles. The van der Waals surface area contributed by atoms with Crippen molar-refractivity contribution in [3.05, 3.63) is 35.7 Å². The first-order valence-corrected chi connectivity index (χ1v) is 6.61. The molecule has 1 aromatic heterocycles. The van der Waals surface area contributed by atoms with E-state index >= 15 is 0 Å². The zero-order chi connectivity index (χ0) is 15.1. The maximum absolute atomic E-state index is 11.7. The molecule has 0 fully saturated rings. The minimum absolute atomic E-state index is 0.0842. The van der Waals surface area contributed by atoms with E-state index in [1.807, 2.05) is 6.92 Å². The van der Waals surface area contributed by atoms with E-state index in [4.69, 9.17) is 9.84 Å². The van der Waals surface area contributed by atoms with Crippen molar-refractivity contribution >= 4 is 5.91 Å². The van der Waals surface area contributed by atoms with Gasteiger partial charge in [0, 0.05) is 18.7 Å². The highest BCUT2D eigenvalue weighted by molar-refractivity contribution is 5.94. The van der Waals surface area contributed by atoms with Crippen molar-refractivity contribution in [1.82, 2.24) is 25.5 Å². The summed E-state index contributed by atoms with van der Waals surface area (Å²) in [4.78, 5) is 11.7. The van der Waals surface area contributed by atoms with Gasteiger partial charge in [0.25, 0.3) is 5.91 Å². The molecule has 0 unspecified atom stereocenters. The average molecular weight is 291 g/mol. The molecular formula is C13H17N5O3. The number of aromatic nitrogens is 4. The zero-order valence-corrected chi connectivity index (χ0v) is 11.7. The molecule has 21 heavy (non-hydrogen) atoms. The molecule has 0 saturated carbocycles. The first kappa shape index (κ1) is 14.9. The molecule has 1 amide bonds. The van der Waals surface area contributed by atoms with E-state index in [9.17, 15) is 4.79 Å². The number of carbonyl (C=O) groups excluding carboxylic acids is 1. The Labute approximate surface area is 121 Å². The number of benzene rings is 1. The van der Waals surface area contributed by atoms with Gasteiger partial charge >= 0.3 is 0 Å². The molecule has 2 aromatic rings. The topological polar surface area (TPSA) is 102 Å². The summed E-state index contributed by atoms with van der Waals surface area (Å²) in [5.41, 5.74) is 0.509. The molecule has 0 radical (unpaired) electrons. The van der Waals surface area contributed by atoms with E-state index in [1.165, 1.54) is 0 Å². The van der Waals surface area contributed by atoms with Gasteiger partial charge in [-0.2, -0.15) is 0 Å². The Hall–Kier alpha value is -2.48. The lowest BCUT2D eigenvalue weighted by Crippen LogP contribution is -2.26. The second-order valence-electron chi connectivity index (χ2n) is 4.20. The van der Waals surface area contributed by atoms with Gasteiger partial charge in [-0.15, -0.1) is 5.10 Å². The van der Waals surface area contributed by atoms with Gasteiger partial charge in [0.15, 0.2) is 5.82 Å². The Bertz CT molecular complexity index is 582. The molecule has 2 rings (SSSR count). The van der Waals surface area contributed by atoms with Crippen LogP contribution >= 0.6 is 0 Å². The summed E-state index contributed by atoms with van der Waals surface area (Å²) >= 11 is 0. The van der Waals surface area contributed by atoms with E-state index in [0.29, 0.717) is 23.7 Å². The van der Waals surface area contributed by atoms with Crippen LogP contribution in [0.1, 0.15) is 23.1 Å². The number of nitrogens with zero attached hydrogens (tertiary/aromatic N) is 4. The van der Waals surface area contributed by atoms with Crippen LogP contribution in [0.4, 0.5) is 0 Å². The van der Waals surface area contributed by atoms with E-state index in [1.54, 1.807) is 28.9 Å². The Balaban J connectivity index is 1.92. The summed E-state index contributed by atoms with van der Waals surface area (Å²) < 4.78 is 7.22. The van der Waals surface area contributed by atoms with Crippen LogP contribution in [0.2, 0.25) is 0 Å². The second-order valence-corrected chi connectivity index (χ2v) is 4.20. The minimum Gasteiger partial charge on any atom is -0.486 e. The molecule has 0 aliphatic heterocycles. The Morgan fingerprint density at radius 1 is 1.38 bits per heavy atom. The molecule has 0 aliphatic rings.